The Morgan fingerprint density at radius 2 is 1.84 bits per heavy atom. The predicted molar refractivity (Wildman–Crippen MR) is 93.6 cm³/mol. The zero-order valence-corrected chi connectivity index (χ0v) is 14.4. The lowest BCUT2D eigenvalue weighted by Gasteiger charge is -2.32. The van der Waals surface area contributed by atoms with Crippen molar-refractivity contribution < 1.29 is 23.7 Å². The van der Waals surface area contributed by atoms with Gasteiger partial charge in [-0.15, -0.1) is 6.58 Å². The highest BCUT2D eigenvalue weighted by atomic mass is 16.7. The molecule has 0 N–H and O–H groups in total. The van der Waals surface area contributed by atoms with E-state index in [0.717, 1.165) is 5.56 Å². The van der Waals surface area contributed by atoms with E-state index in [1.54, 1.807) is 18.2 Å². The highest BCUT2D eigenvalue weighted by molar-refractivity contribution is 6.09. The number of hydrogen-bond donors (Lipinski definition) is 0. The van der Waals surface area contributed by atoms with Gasteiger partial charge < -0.3 is 18.9 Å². The Labute approximate surface area is 146 Å². The molecule has 3 rings (SSSR count). The molecular weight excluding hydrogens is 320 g/mol. The molecule has 0 amide bonds. The Balaban J connectivity index is 2.15. The molecule has 0 aromatic heterocycles. The third-order valence-electron chi connectivity index (χ3n) is 4.41. The molecule has 5 nitrogen and oxygen atoms in total. The van der Waals surface area contributed by atoms with Gasteiger partial charge in [0.25, 0.3) is 5.79 Å². The van der Waals surface area contributed by atoms with E-state index in [0.29, 0.717) is 22.8 Å². The summed E-state index contributed by atoms with van der Waals surface area (Å²) in [7, 11) is 4.49. The number of ketones is 1. The van der Waals surface area contributed by atoms with Gasteiger partial charge in [0.2, 0.25) is 5.78 Å². The van der Waals surface area contributed by atoms with E-state index < -0.39 is 11.7 Å². The molecule has 2 aromatic carbocycles. The Bertz CT molecular complexity index is 799. The van der Waals surface area contributed by atoms with Crippen LogP contribution in [0.3, 0.4) is 0 Å². The number of carbonyl (C=O) groups excluding carboxylic acids is 1. The highest BCUT2D eigenvalue weighted by Crippen LogP contribution is 2.48. The number of benzene rings is 2. The number of Topliss-reactive ketones (excluding diaryl/α,β-unsaturated/α-hetero) is 1. The van der Waals surface area contributed by atoms with Gasteiger partial charge in [-0.25, -0.2) is 0 Å². The van der Waals surface area contributed by atoms with Crippen LogP contribution in [-0.4, -0.2) is 32.9 Å². The Kier molecular flexibility index (Phi) is 4.51. The van der Waals surface area contributed by atoms with Crippen LogP contribution in [0, 0.1) is 0 Å². The smallest absolute Gasteiger partial charge is 0.285 e. The van der Waals surface area contributed by atoms with E-state index >= 15 is 0 Å². The molecule has 2 aromatic rings. The minimum Gasteiger partial charge on any atom is -0.496 e. The second-order valence-corrected chi connectivity index (χ2v) is 5.63. The van der Waals surface area contributed by atoms with Crippen molar-refractivity contribution in [3.63, 3.8) is 0 Å². The molecule has 0 bridgehead atoms. The molecule has 0 fully saturated rings. The molecule has 0 saturated heterocycles. The monoisotopic (exact) mass is 340 g/mol. The summed E-state index contributed by atoms with van der Waals surface area (Å²) in [6, 6.07) is 12.8. The maximum atomic E-state index is 13.3. The molecule has 1 unspecified atom stereocenters. The minimum absolute atomic E-state index is 0.307. The summed E-state index contributed by atoms with van der Waals surface area (Å²) in [6.45, 7) is 3.88. The van der Waals surface area contributed by atoms with Gasteiger partial charge in [0, 0.05) is 19.2 Å². The first kappa shape index (κ1) is 17.0. The molecule has 0 radical (unpaired) electrons. The lowest BCUT2D eigenvalue weighted by atomic mass is 9.86. The molecule has 0 spiro atoms. The Morgan fingerprint density at radius 1 is 1.12 bits per heavy atom. The van der Waals surface area contributed by atoms with E-state index in [1.807, 2.05) is 30.3 Å². The number of methoxy groups -OCH3 is 3. The van der Waals surface area contributed by atoms with Crippen LogP contribution in [0.5, 0.6) is 17.2 Å². The zero-order chi connectivity index (χ0) is 18.0. The summed E-state index contributed by atoms with van der Waals surface area (Å²) in [6.07, 6.45) is 1.66. The largest absolute Gasteiger partial charge is 0.496 e. The average Bonchev–Trinajstić information content (AvgIpc) is 2.95. The first-order chi connectivity index (χ1) is 12.1. The fourth-order valence-corrected chi connectivity index (χ4v) is 3.17. The van der Waals surface area contributed by atoms with Crippen LogP contribution < -0.4 is 14.2 Å². The standard InChI is InChI=1S/C20H20O5/c1-5-15(13-9-7-6-8-10-13)20(24-4)19(21)18-16(23-3)11-14(22-2)12-17(18)25-20/h5-12,15H,1H2,2-4H3/t15-,20?/m0/s1. The van der Waals surface area contributed by atoms with E-state index in [2.05, 4.69) is 6.58 Å². The SMILES string of the molecule is C=C[C@@H](c1ccccc1)C1(OC)Oc2cc(OC)cc(OC)c2C1=O. The second kappa shape index (κ2) is 6.61. The third-order valence-corrected chi connectivity index (χ3v) is 4.41. The van der Waals surface area contributed by atoms with E-state index in [9.17, 15) is 4.79 Å². The number of carbonyl (C=O) groups is 1. The molecule has 1 aliphatic rings. The molecule has 130 valence electrons. The van der Waals surface area contributed by atoms with Gasteiger partial charge >= 0.3 is 0 Å². The number of hydrogen-bond acceptors (Lipinski definition) is 5. The van der Waals surface area contributed by atoms with Crippen molar-refractivity contribution in [2.45, 2.75) is 11.7 Å². The molecule has 2 atom stereocenters. The fourth-order valence-electron chi connectivity index (χ4n) is 3.17. The van der Waals surface area contributed by atoms with Crippen LogP contribution in [0.4, 0.5) is 0 Å². The molecular formula is C20H20O5. The van der Waals surface area contributed by atoms with Gasteiger partial charge in [-0.2, -0.15) is 0 Å². The molecule has 1 heterocycles. The summed E-state index contributed by atoms with van der Waals surface area (Å²) in [5, 5.41) is 0. The second-order valence-electron chi connectivity index (χ2n) is 5.63. The third kappa shape index (κ3) is 2.57. The van der Waals surface area contributed by atoms with Crippen molar-refractivity contribution in [1.82, 2.24) is 0 Å². The number of fused-ring (bicyclic) bond motifs is 1. The summed E-state index contributed by atoms with van der Waals surface area (Å²) >= 11 is 0. The molecule has 0 saturated carbocycles. The first-order valence-electron chi connectivity index (χ1n) is 7.83. The zero-order valence-electron chi connectivity index (χ0n) is 14.4. The van der Waals surface area contributed by atoms with Gasteiger partial charge in [0.15, 0.2) is 0 Å². The highest BCUT2D eigenvalue weighted by Gasteiger charge is 2.55. The van der Waals surface area contributed by atoms with Crippen LogP contribution in [0.2, 0.25) is 0 Å². The lowest BCUT2D eigenvalue weighted by molar-refractivity contribution is -0.126. The molecule has 25 heavy (non-hydrogen) atoms. The van der Waals surface area contributed by atoms with Crippen molar-refractivity contribution in [3.05, 3.63) is 66.2 Å². The molecule has 1 aliphatic heterocycles. The van der Waals surface area contributed by atoms with Gasteiger partial charge in [-0.1, -0.05) is 36.4 Å². The summed E-state index contributed by atoms with van der Waals surface area (Å²) in [5.74, 6) is -1.05. The maximum Gasteiger partial charge on any atom is 0.285 e. The van der Waals surface area contributed by atoms with Crippen LogP contribution >= 0.6 is 0 Å². The van der Waals surface area contributed by atoms with Crippen molar-refractivity contribution in [2.75, 3.05) is 21.3 Å². The fraction of sp³-hybridized carbons (Fsp3) is 0.250. The maximum absolute atomic E-state index is 13.3. The average molecular weight is 340 g/mol. The minimum atomic E-state index is -1.54. The summed E-state index contributed by atoms with van der Waals surface area (Å²) < 4.78 is 22.3. The quantitative estimate of drug-likeness (QED) is 0.752. The number of ether oxygens (including phenoxy) is 4. The summed E-state index contributed by atoms with van der Waals surface area (Å²) in [4.78, 5) is 13.3. The normalized spacial score (nSPS) is 19.7. The van der Waals surface area contributed by atoms with Crippen LogP contribution in [0.25, 0.3) is 0 Å². The van der Waals surface area contributed by atoms with Crippen molar-refractivity contribution in [3.8, 4) is 17.2 Å². The van der Waals surface area contributed by atoms with Gasteiger partial charge in [0.05, 0.1) is 20.1 Å². The lowest BCUT2D eigenvalue weighted by Crippen LogP contribution is -2.47. The van der Waals surface area contributed by atoms with Crippen molar-refractivity contribution in [2.24, 2.45) is 0 Å². The van der Waals surface area contributed by atoms with E-state index in [4.69, 9.17) is 18.9 Å². The first-order valence-corrected chi connectivity index (χ1v) is 7.83. The van der Waals surface area contributed by atoms with Crippen LogP contribution in [0.15, 0.2) is 55.1 Å². The number of rotatable bonds is 6. The Morgan fingerprint density at radius 3 is 2.40 bits per heavy atom. The van der Waals surface area contributed by atoms with Gasteiger partial charge in [-0.05, 0) is 5.56 Å². The van der Waals surface area contributed by atoms with Crippen molar-refractivity contribution >= 4 is 5.78 Å². The van der Waals surface area contributed by atoms with Gasteiger partial charge in [-0.3, -0.25) is 4.79 Å². The molecule has 0 aliphatic carbocycles. The topological polar surface area (TPSA) is 54.0 Å². The summed E-state index contributed by atoms with van der Waals surface area (Å²) in [5.41, 5.74) is 1.21. The Hall–Kier alpha value is -2.79. The van der Waals surface area contributed by atoms with Crippen LogP contribution in [-0.2, 0) is 4.74 Å². The van der Waals surface area contributed by atoms with Crippen LogP contribution in [0.1, 0.15) is 21.8 Å². The van der Waals surface area contributed by atoms with E-state index in [1.165, 1.54) is 21.3 Å². The van der Waals surface area contributed by atoms with Crippen molar-refractivity contribution in [1.29, 1.82) is 0 Å². The molecule has 5 heteroatoms. The van der Waals surface area contributed by atoms with Gasteiger partial charge in [0.1, 0.15) is 22.8 Å². The van der Waals surface area contributed by atoms with E-state index in [-0.39, 0.29) is 5.78 Å². The predicted octanol–water partition coefficient (Wildman–Crippen LogP) is 3.59.